The number of carbonyl (C=O) groups excluding carboxylic acids is 3. The van der Waals surface area contributed by atoms with Crippen molar-refractivity contribution in [2.24, 2.45) is 5.92 Å². The van der Waals surface area contributed by atoms with Crippen LogP contribution in [-0.2, 0) is 31.1 Å². The first-order valence-corrected chi connectivity index (χ1v) is 21.9. The van der Waals surface area contributed by atoms with Crippen molar-refractivity contribution in [1.82, 2.24) is 24.8 Å². The van der Waals surface area contributed by atoms with Gasteiger partial charge in [-0.2, -0.15) is 0 Å². The average molecular weight is 841 g/mol. The number of amides is 2. The van der Waals surface area contributed by atoms with E-state index in [1.165, 1.54) is 0 Å². The van der Waals surface area contributed by atoms with E-state index in [0.717, 1.165) is 54.3 Å². The van der Waals surface area contributed by atoms with E-state index in [4.69, 9.17) is 9.47 Å². The van der Waals surface area contributed by atoms with Crippen LogP contribution in [0.2, 0.25) is 0 Å². The molecule has 0 unspecified atom stereocenters. The Hall–Kier alpha value is -6.81. The normalized spacial score (nSPS) is 24.4. The van der Waals surface area contributed by atoms with E-state index in [2.05, 4.69) is 32.4 Å². The fourth-order valence-corrected chi connectivity index (χ4v) is 10.5. The predicted molar refractivity (Wildman–Crippen MR) is 236 cm³/mol. The van der Waals surface area contributed by atoms with Gasteiger partial charge in [0.2, 0.25) is 11.8 Å². The zero-order chi connectivity index (χ0) is 42.9. The van der Waals surface area contributed by atoms with Gasteiger partial charge in [-0.05, 0) is 77.6 Å². The first-order chi connectivity index (χ1) is 31.0. The van der Waals surface area contributed by atoms with Gasteiger partial charge in [0.05, 0.1) is 30.1 Å². The van der Waals surface area contributed by atoms with E-state index in [-0.39, 0.29) is 31.6 Å². The van der Waals surface area contributed by atoms with Gasteiger partial charge in [-0.25, -0.2) is 4.68 Å². The summed E-state index contributed by atoms with van der Waals surface area (Å²) in [7, 11) is 0. The highest BCUT2D eigenvalue weighted by Crippen LogP contribution is 2.65. The van der Waals surface area contributed by atoms with Gasteiger partial charge in [-0.1, -0.05) is 121 Å². The van der Waals surface area contributed by atoms with Crippen molar-refractivity contribution in [2.75, 3.05) is 31.6 Å². The number of benzene rings is 5. The molecule has 5 aromatic carbocycles. The van der Waals surface area contributed by atoms with Gasteiger partial charge in [0.25, 0.3) is 0 Å². The summed E-state index contributed by atoms with van der Waals surface area (Å²) < 4.78 is 14.4. The van der Waals surface area contributed by atoms with E-state index in [1.807, 2.05) is 132 Å². The van der Waals surface area contributed by atoms with Gasteiger partial charge in [0.1, 0.15) is 42.0 Å². The van der Waals surface area contributed by atoms with Crippen molar-refractivity contribution in [3.8, 4) is 17.6 Å². The van der Waals surface area contributed by atoms with Gasteiger partial charge in [-0.15, -0.1) is 5.10 Å². The van der Waals surface area contributed by atoms with Crippen molar-refractivity contribution < 1.29 is 29.0 Å². The number of nitrogens with zero attached hydrogens (tertiary/aromatic N) is 5. The first kappa shape index (κ1) is 40.3. The van der Waals surface area contributed by atoms with E-state index >= 15 is 14.4 Å². The standard InChI is InChI=1S/C51H48N6O6/c58-30-31-62-38-22-14-21-37(33-38)47-51(39-32-34(25-26-40(39)52-50(51)61)16-15-29-56-42-24-11-10-23-41(42)53-54-56)43(48(59)55-27-12-2-1-3-13-28-55)45-49(60)63-46(36-19-8-5-9-20-36)44(57(45)47)35-17-6-4-7-18-35/h4-11,14,17-26,32-33,43-47,58H,1-3,12-13,27-31H2,(H,52,61)/t43-,44-,45-,46+,47+,51-/m0/s1. The SMILES string of the molecule is O=C1O[C@H](c2ccccc2)[C@H](c2ccccc2)N2[C@H]1[C@@H](C(=O)N1CCCCCCC1)[C@]1(C(=O)Nc3ccc(C#CCn4nnc5ccccc54)cc31)[C@H]2c1cccc(OCCO)c1. The molecule has 3 saturated heterocycles. The number of hydrogen-bond acceptors (Lipinski definition) is 9. The van der Waals surface area contributed by atoms with Gasteiger partial charge < -0.3 is 24.8 Å². The zero-order valence-corrected chi connectivity index (χ0v) is 34.8. The third-order valence-electron chi connectivity index (χ3n) is 13.2. The summed E-state index contributed by atoms with van der Waals surface area (Å²) in [4.78, 5) is 50.8. The predicted octanol–water partition coefficient (Wildman–Crippen LogP) is 6.92. The van der Waals surface area contributed by atoms with Gasteiger partial charge in [0.15, 0.2) is 0 Å². The molecule has 0 aliphatic carbocycles. The molecule has 1 spiro atoms. The summed E-state index contributed by atoms with van der Waals surface area (Å²) in [5.74, 6) is 4.70. The molecule has 318 valence electrons. The summed E-state index contributed by atoms with van der Waals surface area (Å²) in [6, 6.07) is 37.7. The largest absolute Gasteiger partial charge is 0.491 e. The number of aromatic nitrogens is 3. The van der Waals surface area contributed by atoms with Gasteiger partial charge in [0, 0.05) is 24.3 Å². The molecule has 1 aromatic heterocycles. The second-order valence-corrected chi connectivity index (χ2v) is 16.8. The molecular weight excluding hydrogens is 793 g/mol. The van der Waals surface area contributed by atoms with Crippen LogP contribution in [0.15, 0.2) is 127 Å². The monoisotopic (exact) mass is 840 g/mol. The third-order valence-corrected chi connectivity index (χ3v) is 13.2. The molecule has 10 rings (SSSR count). The van der Waals surface area contributed by atoms with Crippen molar-refractivity contribution in [2.45, 2.75) is 68.3 Å². The minimum Gasteiger partial charge on any atom is -0.491 e. The van der Waals surface area contributed by atoms with Crippen LogP contribution in [0.1, 0.15) is 78.1 Å². The number of esters is 1. The number of fused-ring (bicyclic) bond motifs is 4. The number of para-hydroxylation sites is 1. The van der Waals surface area contributed by atoms with Gasteiger partial charge in [-0.3, -0.25) is 19.3 Å². The summed E-state index contributed by atoms with van der Waals surface area (Å²) in [5, 5.41) is 21.5. The Morgan fingerprint density at radius 2 is 1.52 bits per heavy atom. The minimum absolute atomic E-state index is 0.0620. The highest BCUT2D eigenvalue weighted by atomic mass is 16.6. The van der Waals surface area contributed by atoms with Crippen molar-refractivity contribution in [1.29, 1.82) is 0 Å². The number of anilines is 1. The number of ether oxygens (including phenoxy) is 2. The van der Waals surface area contributed by atoms with Crippen LogP contribution in [0.4, 0.5) is 5.69 Å². The number of aliphatic hydroxyl groups excluding tert-OH is 1. The molecule has 4 aliphatic heterocycles. The van der Waals surface area contributed by atoms with E-state index in [9.17, 15) is 5.11 Å². The molecule has 5 heterocycles. The lowest BCUT2D eigenvalue weighted by Crippen LogP contribution is -2.55. The van der Waals surface area contributed by atoms with Crippen molar-refractivity contribution in [3.63, 3.8) is 0 Å². The molecule has 63 heavy (non-hydrogen) atoms. The Kier molecular flexibility index (Phi) is 11.0. The number of hydrogen-bond donors (Lipinski definition) is 2. The molecule has 0 saturated carbocycles. The summed E-state index contributed by atoms with van der Waals surface area (Å²) in [6.45, 7) is 1.20. The van der Waals surface area contributed by atoms with Crippen molar-refractivity contribution >= 4 is 34.5 Å². The number of rotatable bonds is 8. The molecular formula is C51H48N6O6. The maximum Gasteiger partial charge on any atom is 0.324 e. The third kappa shape index (κ3) is 7.11. The molecule has 6 aromatic rings. The number of aliphatic hydroxyl groups is 1. The van der Waals surface area contributed by atoms with Crippen LogP contribution in [0.3, 0.4) is 0 Å². The van der Waals surface area contributed by atoms with Crippen LogP contribution in [-0.4, -0.2) is 80.0 Å². The zero-order valence-electron chi connectivity index (χ0n) is 34.8. The van der Waals surface area contributed by atoms with Crippen LogP contribution in [0, 0.1) is 17.8 Å². The molecule has 12 heteroatoms. The Morgan fingerprint density at radius 1 is 0.810 bits per heavy atom. The summed E-state index contributed by atoms with van der Waals surface area (Å²) in [6.07, 6.45) is 3.95. The van der Waals surface area contributed by atoms with Crippen LogP contribution in [0.5, 0.6) is 5.75 Å². The molecule has 6 atom stereocenters. The fraction of sp³-hybridized carbons (Fsp3) is 0.314. The van der Waals surface area contributed by atoms with Crippen LogP contribution < -0.4 is 10.1 Å². The molecule has 3 fully saturated rings. The van der Waals surface area contributed by atoms with Crippen molar-refractivity contribution in [3.05, 3.63) is 155 Å². The van der Waals surface area contributed by atoms with Gasteiger partial charge >= 0.3 is 5.97 Å². The Labute approximate surface area is 365 Å². The maximum absolute atomic E-state index is 15.9. The summed E-state index contributed by atoms with van der Waals surface area (Å²) in [5.41, 5.74) is 4.12. The van der Waals surface area contributed by atoms with Crippen LogP contribution in [0.25, 0.3) is 11.0 Å². The number of morpholine rings is 1. The lowest BCUT2D eigenvalue weighted by atomic mass is 9.65. The van der Waals surface area contributed by atoms with E-state index in [1.54, 1.807) is 4.68 Å². The lowest BCUT2D eigenvalue weighted by Gasteiger charge is -2.46. The minimum atomic E-state index is -1.65. The van der Waals surface area contributed by atoms with E-state index < -0.39 is 41.5 Å². The smallest absolute Gasteiger partial charge is 0.324 e. The second kappa shape index (κ2) is 17.2. The summed E-state index contributed by atoms with van der Waals surface area (Å²) >= 11 is 0. The Balaban J connectivity index is 1.21. The topological polar surface area (TPSA) is 139 Å². The molecule has 12 nitrogen and oxygen atoms in total. The quantitative estimate of drug-likeness (QED) is 0.124. The molecule has 4 aliphatic rings. The highest BCUT2D eigenvalue weighted by molar-refractivity contribution is 6.12. The number of likely N-dealkylation sites (tertiary alicyclic amines) is 1. The molecule has 0 bridgehead atoms. The molecule has 0 radical (unpaired) electrons. The number of carbonyl (C=O) groups is 3. The number of nitrogens with one attached hydrogen (secondary N) is 1. The maximum atomic E-state index is 15.9. The lowest BCUT2D eigenvalue weighted by molar-refractivity contribution is -0.179. The fourth-order valence-electron chi connectivity index (χ4n) is 10.5. The van der Waals surface area contributed by atoms with Crippen LogP contribution >= 0.6 is 0 Å². The van der Waals surface area contributed by atoms with E-state index in [0.29, 0.717) is 41.2 Å². The number of cyclic esters (lactones) is 1. The second-order valence-electron chi connectivity index (χ2n) is 16.8. The molecule has 2 amide bonds. The highest BCUT2D eigenvalue weighted by Gasteiger charge is 2.74. The Morgan fingerprint density at radius 3 is 2.30 bits per heavy atom. The Bertz CT molecular complexity index is 2720. The average Bonchev–Trinajstić information content (AvgIpc) is 3.96. The first-order valence-electron chi connectivity index (χ1n) is 21.9. The molecule has 2 N–H and O–H groups in total.